The molecule has 2 rings (SSSR count). The molecule has 0 saturated carbocycles. The summed E-state index contributed by atoms with van der Waals surface area (Å²) in [6.45, 7) is 0.878. The molecular weight excluding hydrogens is 186 g/mol. The maximum Gasteiger partial charge on any atom is 0.227 e. The number of carbonyl (C=O) groups is 1. The molecule has 1 amide bonds. The minimum atomic E-state index is 0. The quantitative estimate of drug-likeness (QED) is 0.676. The van der Waals surface area contributed by atoms with Gasteiger partial charge in [0.25, 0.3) is 0 Å². The third kappa shape index (κ3) is 2.01. The zero-order valence-electron chi connectivity index (χ0n) is 7.27. The summed E-state index contributed by atoms with van der Waals surface area (Å²) in [5.74, 6) is 0.251. The normalized spacial score (nSPS) is 15.7. The van der Waals surface area contributed by atoms with Crippen molar-refractivity contribution in [3.05, 3.63) is 30.3 Å². The van der Waals surface area contributed by atoms with Gasteiger partial charge in [-0.05, 0) is 18.6 Å². The summed E-state index contributed by atoms with van der Waals surface area (Å²) in [5, 5.41) is 0. The standard InChI is InChI=1S/C10H11NO.ClH/c12-10-7-4-8-11(10)9-5-2-1-3-6-9;/h1-3,5-6H,4,7-8H2;1H. The van der Waals surface area contributed by atoms with Crippen molar-refractivity contribution in [2.24, 2.45) is 0 Å². The molecule has 0 radical (unpaired) electrons. The van der Waals surface area contributed by atoms with Gasteiger partial charge in [-0.15, -0.1) is 12.4 Å². The van der Waals surface area contributed by atoms with E-state index in [0.717, 1.165) is 18.7 Å². The van der Waals surface area contributed by atoms with E-state index in [1.165, 1.54) is 0 Å². The van der Waals surface area contributed by atoms with Gasteiger partial charge >= 0.3 is 0 Å². The Morgan fingerprint density at radius 3 is 2.38 bits per heavy atom. The Morgan fingerprint density at radius 1 is 1.15 bits per heavy atom. The lowest BCUT2D eigenvalue weighted by Gasteiger charge is -2.14. The van der Waals surface area contributed by atoms with Crippen LogP contribution in [0, 0.1) is 0 Å². The lowest BCUT2D eigenvalue weighted by atomic mass is 10.3. The van der Waals surface area contributed by atoms with Gasteiger partial charge in [-0.2, -0.15) is 0 Å². The molecule has 0 unspecified atom stereocenters. The van der Waals surface area contributed by atoms with Crippen LogP contribution in [0.3, 0.4) is 0 Å². The van der Waals surface area contributed by atoms with Gasteiger partial charge in [0, 0.05) is 18.7 Å². The number of anilines is 1. The summed E-state index contributed by atoms with van der Waals surface area (Å²) in [4.78, 5) is 13.1. The van der Waals surface area contributed by atoms with Crippen LogP contribution < -0.4 is 4.90 Å². The van der Waals surface area contributed by atoms with E-state index >= 15 is 0 Å². The predicted octanol–water partition coefficient (Wildman–Crippen LogP) is 2.24. The molecule has 1 heterocycles. The van der Waals surface area contributed by atoms with Crippen LogP contribution in [0.25, 0.3) is 0 Å². The average molecular weight is 198 g/mol. The average Bonchev–Trinajstić information content (AvgIpc) is 2.53. The molecule has 70 valence electrons. The summed E-state index contributed by atoms with van der Waals surface area (Å²) in [6, 6.07) is 9.83. The minimum Gasteiger partial charge on any atom is -0.312 e. The first-order valence-corrected chi connectivity index (χ1v) is 4.23. The molecule has 0 bridgehead atoms. The number of halogens is 1. The third-order valence-electron chi connectivity index (χ3n) is 2.14. The van der Waals surface area contributed by atoms with Gasteiger partial charge in [-0.25, -0.2) is 0 Å². The lowest BCUT2D eigenvalue weighted by molar-refractivity contribution is -0.117. The van der Waals surface area contributed by atoms with Crippen LogP contribution >= 0.6 is 12.4 Å². The molecule has 2 nitrogen and oxygen atoms in total. The van der Waals surface area contributed by atoms with E-state index < -0.39 is 0 Å². The van der Waals surface area contributed by atoms with Gasteiger partial charge in [-0.3, -0.25) is 4.79 Å². The molecule has 0 N–H and O–H groups in total. The van der Waals surface area contributed by atoms with Gasteiger partial charge in [0.1, 0.15) is 0 Å². The molecule has 0 spiro atoms. The fourth-order valence-electron chi connectivity index (χ4n) is 1.53. The molecule has 0 aliphatic carbocycles. The highest BCUT2D eigenvalue weighted by Crippen LogP contribution is 2.19. The van der Waals surface area contributed by atoms with Gasteiger partial charge in [0.15, 0.2) is 0 Å². The van der Waals surface area contributed by atoms with Crippen molar-refractivity contribution in [3.8, 4) is 0 Å². The Morgan fingerprint density at radius 2 is 1.85 bits per heavy atom. The number of hydrogen-bond donors (Lipinski definition) is 0. The number of para-hydroxylation sites is 1. The fourth-order valence-corrected chi connectivity index (χ4v) is 1.53. The van der Waals surface area contributed by atoms with Crippen LogP contribution in [0.4, 0.5) is 5.69 Å². The van der Waals surface area contributed by atoms with Crippen molar-refractivity contribution < 1.29 is 4.79 Å². The lowest BCUT2D eigenvalue weighted by Crippen LogP contribution is -2.23. The summed E-state index contributed by atoms with van der Waals surface area (Å²) < 4.78 is 0. The number of carbonyl (C=O) groups excluding carboxylic acids is 1. The van der Waals surface area contributed by atoms with Crippen molar-refractivity contribution in [2.75, 3.05) is 11.4 Å². The van der Waals surface area contributed by atoms with Crippen LogP contribution in [0.15, 0.2) is 30.3 Å². The minimum absolute atomic E-state index is 0. The number of amides is 1. The van der Waals surface area contributed by atoms with Crippen molar-refractivity contribution in [2.45, 2.75) is 12.8 Å². The first-order chi connectivity index (χ1) is 5.88. The van der Waals surface area contributed by atoms with E-state index in [1.54, 1.807) is 0 Å². The van der Waals surface area contributed by atoms with Gasteiger partial charge in [0.05, 0.1) is 0 Å². The number of hydrogen-bond acceptors (Lipinski definition) is 1. The summed E-state index contributed by atoms with van der Waals surface area (Å²) in [7, 11) is 0. The second-order valence-corrected chi connectivity index (χ2v) is 2.98. The first kappa shape index (κ1) is 10.1. The Kier molecular flexibility index (Phi) is 3.32. The molecule has 1 aliphatic heterocycles. The molecule has 1 aromatic rings. The SMILES string of the molecule is Cl.O=C1CCCN1c1ccccc1. The molecule has 1 aliphatic rings. The third-order valence-corrected chi connectivity index (χ3v) is 2.14. The van der Waals surface area contributed by atoms with E-state index in [9.17, 15) is 4.79 Å². The highest BCUT2D eigenvalue weighted by Gasteiger charge is 2.20. The van der Waals surface area contributed by atoms with E-state index in [1.807, 2.05) is 35.2 Å². The van der Waals surface area contributed by atoms with Gasteiger partial charge in [0.2, 0.25) is 5.91 Å². The summed E-state index contributed by atoms with van der Waals surface area (Å²) in [6.07, 6.45) is 1.70. The molecule has 0 atom stereocenters. The zero-order valence-corrected chi connectivity index (χ0v) is 8.09. The Labute approximate surface area is 84.0 Å². The smallest absolute Gasteiger partial charge is 0.227 e. The Balaban J connectivity index is 0.000000845. The fraction of sp³-hybridized carbons (Fsp3) is 0.300. The van der Waals surface area contributed by atoms with E-state index in [0.29, 0.717) is 6.42 Å². The summed E-state index contributed by atoms with van der Waals surface area (Å²) in [5.41, 5.74) is 1.03. The number of rotatable bonds is 1. The molecule has 0 aromatic heterocycles. The van der Waals surface area contributed by atoms with Crippen molar-refractivity contribution in [1.29, 1.82) is 0 Å². The van der Waals surface area contributed by atoms with Crippen LogP contribution in [-0.2, 0) is 4.79 Å². The maximum absolute atomic E-state index is 11.3. The van der Waals surface area contributed by atoms with Crippen LogP contribution in [-0.4, -0.2) is 12.5 Å². The highest BCUT2D eigenvalue weighted by atomic mass is 35.5. The van der Waals surface area contributed by atoms with Crippen LogP contribution in [0.2, 0.25) is 0 Å². The van der Waals surface area contributed by atoms with E-state index in [-0.39, 0.29) is 18.3 Å². The first-order valence-electron chi connectivity index (χ1n) is 4.23. The maximum atomic E-state index is 11.3. The molecule has 1 saturated heterocycles. The number of benzene rings is 1. The topological polar surface area (TPSA) is 20.3 Å². The molecule has 1 fully saturated rings. The number of nitrogens with zero attached hydrogens (tertiary/aromatic N) is 1. The van der Waals surface area contributed by atoms with E-state index in [4.69, 9.17) is 0 Å². The molecule has 13 heavy (non-hydrogen) atoms. The predicted molar refractivity (Wildman–Crippen MR) is 55.3 cm³/mol. The van der Waals surface area contributed by atoms with Crippen molar-refractivity contribution in [3.63, 3.8) is 0 Å². The Bertz CT molecular complexity index is 286. The van der Waals surface area contributed by atoms with Crippen molar-refractivity contribution >= 4 is 24.0 Å². The second kappa shape index (κ2) is 4.28. The molecule has 1 aromatic carbocycles. The van der Waals surface area contributed by atoms with E-state index in [2.05, 4.69) is 0 Å². The molecular formula is C10H12ClNO. The second-order valence-electron chi connectivity index (χ2n) is 2.98. The highest BCUT2D eigenvalue weighted by molar-refractivity contribution is 5.95. The van der Waals surface area contributed by atoms with Crippen LogP contribution in [0.5, 0.6) is 0 Å². The zero-order chi connectivity index (χ0) is 8.39. The van der Waals surface area contributed by atoms with Gasteiger partial charge in [-0.1, -0.05) is 18.2 Å². The van der Waals surface area contributed by atoms with Gasteiger partial charge < -0.3 is 4.90 Å². The molecule has 3 heteroatoms. The Hall–Kier alpha value is -1.02. The largest absolute Gasteiger partial charge is 0.312 e. The van der Waals surface area contributed by atoms with Crippen LogP contribution in [0.1, 0.15) is 12.8 Å². The summed E-state index contributed by atoms with van der Waals surface area (Å²) >= 11 is 0. The van der Waals surface area contributed by atoms with Crippen molar-refractivity contribution in [1.82, 2.24) is 0 Å². The monoisotopic (exact) mass is 197 g/mol.